The van der Waals surface area contributed by atoms with E-state index in [1.807, 2.05) is 20.8 Å². The van der Waals surface area contributed by atoms with Gasteiger partial charge in [0.25, 0.3) is 0 Å². The van der Waals surface area contributed by atoms with E-state index in [0.717, 1.165) is 25.3 Å². The molecule has 1 atom stereocenters. The van der Waals surface area contributed by atoms with Crippen molar-refractivity contribution in [3.63, 3.8) is 0 Å². The second kappa shape index (κ2) is 10.1. The fourth-order valence-corrected chi connectivity index (χ4v) is 4.23. The van der Waals surface area contributed by atoms with Crippen LogP contribution in [-0.4, -0.2) is 39.8 Å². The third kappa shape index (κ3) is 6.75. The SMILES string of the molecule is CCNC(=NCCS(=O)C(C)(C)C)NC1CCC(c2ccccc2)CC1. The lowest BCUT2D eigenvalue weighted by molar-refractivity contribution is 0.371. The molecule has 5 heteroatoms. The Kier molecular flexibility index (Phi) is 8.14. The molecule has 4 nitrogen and oxygen atoms in total. The topological polar surface area (TPSA) is 53.5 Å². The van der Waals surface area contributed by atoms with Crippen LogP contribution in [0.1, 0.15) is 64.9 Å². The number of hydrogen-bond acceptors (Lipinski definition) is 2. The molecule has 0 aromatic heterocycles. The van der Waals surface area contributed by atoms with E-state index in [-0.39, 0.29) is 4.75 Å². The molecule has 1 unspecified atom stereocenters. The highest BCUT2D eigenvalue weighted by atomic mass is 32.2. The molecule has 1 aromatic rings. The Morgan fingerprint density at radius 2 is 1.81 bits per heavy atom. The van der Waals surface area contributed by atoms with Gasteiger partial charge in [0.1, 0.15) is 0 Å². The summed E-state index contributed by atoms with van der Waals surface area (Å²) in [6.45, 7) is 9.56. The van der Waals surface area contributed by atoms with Crippen LogP contribution in [0.3, 0.4) is 0 Å². The number of rotatable bonds is 6. The fraction of sp³-hybridized carbons (Fsp3) is 0.667. The number of guanidine groups is 1. The lowest BCUT2D eigenvalue weighted by atomic mass is 9.82. The van der Waals surface area contributed by atoms with Crippen molar-refractivity contribution in [1.82, 2.24) is 10.6 Å². The highest BCUT2D eigenvalue weighted by Crippen LogP contribution is 2.32. The first-order valence-electron chi connectivity index (χ1n) is 9.88. The summed E-state index contributed by atoms with van der Waals surface area (Å²) in [5.74, 6) is 2.16. The van der Waals surface area contributed by atoms with Gasteiger partial charge in [-0.05, 0) is 64.9 Å². The Balaban J connectivity index is 1.82. The highest BCUT2D eigenvalue weighted by molar-refractivity contribution is 7.86. The van der Waals surface area contributed by atoms with Crippen LogP contribution in [0.4, 0.5) is 0 Å². The Labute approximate surface area is 161 Å². The van der Waals surface area contributed by atoms with Gasteiger partial charge in [-0.1, -0.05) is 30.3 Å². The van der Waals surface area contributed by atoms with Gasteiger partial charge < -0.3 is 10.6 Å². The zero-order chi connectivity index (χ0) is 19.0. The lowest BCUT2D eigenvalue weighted by Gasteiger charge is -2.30. The molecule has 0 aliphatic heterocycles. The molecule has 0 bridgehead atoms. The minimum atomic E-state index is -0.853. The average molecular weight is 378 g/mol. The van der Waals surface area contributed by atoms with E-state index < -0.39 is 10.8 Å². The van der Waals surface area contributed by atoms with E-state index in [1.165, 1.54) is 18.4 Å². The molecule has 146 valence electrons. The van der Waals surface area contributed by atoms with Gasteiger partial charge in [0.2, 0.25) is 0 Å². The van der Waals surface area contributed by atoms with Crippen molar-refractivity contribution < 1.29 is 4.21 Å². The predicted molar refractivity (Wildman–Crippen MR) is 113 cm³/mol. The standard InChI is InChI=1S/C21H35N3OS/c1-5-22-20(23-15-16-26(25)21(2,3)4)24-19-13-11-18(12-14-19)17-9-7-6-8-10-17/h6-10,18-19H,5,11-16H2,1-4H3,(H2,22,23,24). The maximum Gasteiger partial charge on any atom is 0.191 e. The van der Waals surface area contributed by atoms with E-state index in [4.69, 9.17) is 0 Å². The van der Waals surface area contributed by atoms with Crippen LogP contribution in [0.5, 0.6) is 0 Å². The van der Waals surface area contributed by atoms with Crippen molar-refractivity contribution in [2.45, 2.75) is 70.1 Å². The molecule has 0 radical (unpaired) electrons. The summed E-state index contributed by atoms with van der Waals surface area (Å²) in [6.07, 6.45) is 4.76. The molecular weight excluding hydrogens is 342 g/mol. The Hall–Kier alpha value is -1.36. The summed E-state index contributed by atoms with van der Waals surface area (Å²) in [4.78, 5) is 4.64. The molecule has 1 aromatic carbocycles. The second-order valence-electron chi connectivity index (χ2n) is 8.03. The van der Waals surface area contributed by atoms with Crippen LogP contribution in [0.2, 0.25) is 0 Å². The first kappa shape index (κ1) is 20.9. The molecule has 1 saturated carbocycles. The first-order chi connectivity index (χ1) is 12.4. The molecule has 0 spiro atoms. The maximum absolute atomic E-state index is 12.2. The van der Waals surface area contributed by atoms with Crippen molar-refractivity contribution in [1.29, 1.82) is 0 Å². The minimum Gasteiger partial charge on any atom is -0.357 e. The van der Waals surface area contributed by atoms with Gasteiger partial charge >= 0.3 is 0 Å². The van der Waals surface area contributed by atoms with E-state index in [0.29, 0.717) is 24.3 Å². The fourth-order valence-electron chi connectivity index (χ4n) is 3.36. The van der Waals surface area contributed by atoms with Crippen molar-refractivity contribution in [3.8, 4) is 0 Å². The van der Waals surface area contributed by atoms with Gasteiger partial charge in [0, 0.05) is 33.9 Å². The van der Waals surface area contributed by atoms with Gasteiger partial charge in [-0.3, -0.25) is 9.20 Å². The monoisotopic (exact) mass is 377 g/mol. The van der Waals surface area contributed by atoms with Gasteiger partial charge in [0.15, 0.2) is 5.96 Å². The van der Waals surface area contributed by atoms with E-state index in [2.05, 4.69) is 52.9 Å². The van der Waals surface area contributed by atoms with E-state index in [1.54, 1.807) is 0 Å². The smallest absolute Gasteiger partial charge is 0.191 e. The van der Waals surface area contributed by atoms with Crippen molar-refractivity contribution >= 4 is 16.8 Å². The minimum absolute atomic E-state index is 0.170. The zero-order valence-electron chi connectivity index (χ0n) is 16.8. The second-order valence-corrected chi connectivity index (χ2v) is 10.4. The van der Waals surface area contributed by atoms with Gasteiger partial charge in [-0.15, -0.1) is 0 Å². The maximum atomic E-state index is 12.2. The average Bonchev–Trinajstić information content (AvgIpc) is 2.62. The number of hydrogen-bond donors (Lipinski definition) is 2. The van der Waals surface area contributed by atoms with Crippen LogP contribution in [0, 0.1) is 0 Å². The molecule has 0 heterocycles. The van der Waals surface area contributed by atoms with Crippen LogP contribution in [-0.2, 0) is 10.8 Å². The molecule has 1 aliphatic carbocycles. The summed E-state index contributed by atoms with van der Waals surface area (Å²) >= 11 is 0. The van der Waals surface area contributed by atoms with Gasteiger partial charge in [0.05, 0.1) is 6.54 Å². The normalized spacial score (nSPS) is 22.7. The quantitative estimate of drug-likeness (QED) is 0.585. The summed E-state index contributed by atoms with van der Waals surface area (Å²) < 4.78 is 12.0. The highest BCUT2D eigenvalue weighted by Gasteiger charge is 2.23. The Bertz CT molecular complexity index is 587. The zero-order valence-corrected chi connectivity index (χ0v) is 17.6. The van der Waals surface area contributed by atoms with Crippen molar-refractivity contribution in [2.24, 2.45) is 4.99 Å². The summed E-state index contributed by atoms with van der Waals surface area (Å²) in [6, 6.07) is 11.3. The molecular formula is C21H35N3OS. The number of benzene rings is 1. The van der Waals surface area contributed by atoms with Crippen molar-refractivity contribution in [2.75, 3.05) is 18.8 Å². The van der Waals surface area contributed by atoms with E-state index in [9.17, 15) is 4.21 Å². The Morgan fingerprint density at radius 3 is 2.38 bits per heavy atom. The third-order valence-electron chi connectivity index (χ3n) is 4.91. The first-order valence-corrected chi connectivity index (χ1v) is 11.2. The molecule has 2 rings (SSSR count). The van der Waals surface area contributed by atoms with Gasteiger partial charge in [-0.25, -0.2) is 0 Å². The van der Waals surface area contributed by atoms with E-state index >= 15 is 0 Å². The molecule has 1 fully saturated rings. The van der Waals surface area contributed by atoms with Crippen LogP contribution < -0.4 is 10.6 Å². The molecule has 2 N–H and O–H groups in total. The molecule has 0 amide bonds. The summed E-state index contributed by atoms with van der Waals surface area (Å²) in [5.41, 5.74) is 1.47. The lowest BCUT2D eigenvalue weighted by Crippen LogP contribution is -2.45. The number of nitrogens with zero attached hydrogens (tertiary/aromatic N) is 1. The molecule has 1 aliphatic rings. The van der Waals surface area contributed by atoms with Crippen LogP contribution >= 0.6 is 0 Å². The largest absolute Gasteiger partial charge is 0.357 e. The molecule has 0 saturated heterocycles. The Morgan fingerprint density at radius 1 is 1.15 bits per heavy atom. The summed E-state index contributed by atoms with van der Waals surface area (Å²) in [7, 11) is -0.853. The summed E-state index contributed by atoms with van der Waals surface area (Å²) in [5, 5.41) is 6.91. The van der Waals surface area contributed by atoms with Gasteiger partial charge in [-0.2, -0.15) is 0 Å². The molecule has 26 heavy (non-hydrogen) atoms. The predicted octanol–water partition coefficient (Wildman–Crippen LogP) is 3.82. The van der Waals surface area contributed by atoms with Crippen molar-refractivity contribution in [3.05, 3.63) is 35.9 Å². The number of aliphatic imine (C=N–C) groups is 1. The number of nitrogens with one attached hydrogen (secondary N) is 2. The third-order valence-corrected chi connectivity index (χ3v) is 6.83. The van der Waals surface area contributed by atoms with Crippen LogP contribution in [0.25, 0.3) is 0 Å². The van der Waals surface area contributed by atoms with Crippen LogP contribution in [0.15, 0.2) is 35.3 Å².